The van der Waals surface area contributed by atoms with Crippen LogP contribution in [0.25, 0.3) is 0 Å². The highest BCUT2D eigenvalue weighted by Gasteiger charge is 2.29. The molecule has 5 nitrogen and oxygen atoms in total. The van der Waals surface area contributed by atoms with Gasteiger partial charge in [-0.05, 0) is 31.0 Å². The first-order valence-electron chi connectivity index (χ1n) is 6.74. The monoisotopic (exact) mass is 279 g/mol. The predicted molar refractivity (Wildman–Crippen MR) is 75.7 cm³/mol. The Balaban J connectivity index is 3.15. The van der Waals surface area contributed by atoms with Crippen LogP contribution >= 0.6 is 0 Å². The normalized spacial score (nSPS) is 11.8. The number of rotatable bonds is 7. The fourth-order valence-electron chi connectivity index (χ4n) is 2.11. The third kappa shape index (κ3) is 3.98. The van der Waals surface area contributed by atoms with Crippen LogP contribution in [0.4, 0.5) is 0 Å². The molecule has 0 radical (unpaired) electrons. The number of nitrogens with zero attached hydrogens (tertiary/aromatic N) is 1. The van der Waals surface area contributed by atoms with E-state index in [0.29, 0.717) is 30.9 Å². The van der Waals surface area contributed by atoms with Gasteiger partial charge in [-0.15, -0.1) is 0 Å². The van der Waals surface area contributed by atoms with Crippen molar-refractivity contribution >= 4 is 11.9 Å². The molecule has 0 aliphatic rings. The number of ether oxygens (including phenoxy) is 1. The smallest absolute Gasteiger partial charge is 0.331 e. The van der Waals surface area contributed by atoms with Crippen LogP contribution in [0.3, 0.4) is 0 Å². The first-order chi connectivity index (χ1) is 9.51. The van der Waals surface area contributed by atoms with E-state index in [1.54, 1.807) is 24.3 Å². The van der Waals surface area contributed by atoms with Crippen LogP contribution < -0.4 is 4.74 Å². The molecule has 1 aromatic rings. The summed E-state index contributed by atoms with van der Waals surface area (Å²) in [7, 11) is 0. The van der Waals surface area contributed by atoms with Gasteiger partial charge >= 0.3 is 5.97 Å². The van der Waals surface area contributed by atoms with Crippen molar-refractivity contribution < 1.29 is 19.4 Å². The van der Waals surface area contributed by atoms with Crippen molar-refractivity contribution in [3.8, 4) is 5.75 Å². The van der Waals surface area contributed by atoms with E-state index in [0.717, 1.165) is 0 Å². The summed E-state index contributed by atoms with van der Waals surface area (Å²) in [4.78, 5) is 24.6. The lowest BCUT2D eigenvalue weighted by atomic mass is 10.0. The van der Waals surface area contributed by atoms with E-state index in [1.165, 1.54) is 11.8 Å². The summed E-state index contributed by atoms with van der Waals surface area (Å²) in [5, 5.41) is 9.46. The third-order valence-electron chi connectivity index (χ3n) is 2.90. The zero-order valence-corrected chi connectivity index (χ0v) is 12.1. The Bertz CT molecular complexity index is 473. The van der Waals surface area contributed by atoms with Gasteiger partial charge in [-0.1, -0.05) is 19.1 Å². The molecule has 1 rings (SSSR count). The van der Waals surface area contributed by atoms with Gasteiger partial charge in [0.1, 0.15) is 5.75 Å². The molecule has 0 aromatic heterocycles. The lowest BCUT2D eigenvalue weighted by molar-refractivity contribution is -0.149. The molecular weight excluding hydrogens is 258 g/mol. The van der Waals surface area contributed by atoms with Gasteiger partial charge in [0.15, 0.2) is 6.04 Å². The van der Waals surface area contributed by atoms with E-state index < -0.39 is 12.0 Å². The van der Waals surface area contributed by atoms with Crippen LogP contribution in [0.1, 0.15) is 38.8 Å². The second kappa shape index (κ2) is 7.53. The number of amides is 1. The van der Waals surface area contributed by atoms with Crippen LogP contribution in [0, 0.1) is 0 Å². The fraction of sp³-hybridized carbons (Fsp3) is 0.467. The highest BCUT2D eigenvalue weighted by Crippen LogP contribution is 2.25. The second-order valence-corrected chi connectivity index (χ2v) is 4.46. The Kier molecular flexibility index (Phi) is 6.03. The summed E-state index contributed by atoms with van der Waals surface area (Å²) in [6, 6.07) is 5.90. The van der Waals surface area contributed by atoms with Crippen LogP contribution in [0.5, 0.6) is 5.75 Å². The molecule has 0 saturated carbocycles. The Morgan fingerprint density at radius 3 is 2.55 bits per heavy atom. The highest BCUT2D eigenvalue weighted by molar-refractivity contribution is 5.83. The van der Waals surface area contributed by atoms with E-state index in [-0.39, 0.29) is 5.91 Å². The van der Waals surface area contributed by atoms with E-state index in [4.69, 9.17) is 4.74 Å². The number of carbonyl (C=O) groups excluding carboxylic acids is 1. The van der Waals surface area contributed by atoms with E-state index >= 15 is 0 Å². The minimum absolute atomic E-state index is 0.249. The summed E-state index contributed by atoms with van der Waals surface area (Å²) in [6.45, 7) is 6.07. The molecule has 1 N–H and O–H groups in total. The maximum absolute atomic E-state index is 11.7. The molecule has 110 valence electrons. The topological polar surface area (TPSA) is 66.8 Å². The molecule has 0 saturated heterocycles. The highest BCUT2D eigenvalue weighted by atomic mass is 16.5. The molecule has 0 bridgehead atoms. The van der Waals surface area contributed by atoms with Crippen molar-refractivity contribution in [2.75, 3.05) is 13.2 Å². The molecule has 0 aliphatic carbocycles. The van der Waals surface area contributed by atoms with Gasteiger partial charge in [0.05, 0.1) is 6.61 Å². The van der Waals surface area contributed by atoms with E-state index in [2.05, 4.69) is 0 Å². The van der Waals surface area contributed by atoms with Crippen LogP contribution in [-0.4, -0.2) is 35.0 Å². The fourth-order valence-corrected chi connectivity index (χ4v) is 2.11. The zero-order chi connectivity index (χ0) is 15.1. The number of benzene rings is 1. The lowest BCUT2D eigenvalue weighted by Crippen LogP contribution is -2.38. The molecule has 20 heavy (non-hydrogen) atoms. The SMILES string of the molecule is CCCN(C(C)=O)C(C(=O)O)c1cccc(OCC)c1. The number of aliphatic carboxylic acids is 1. The first-order valence-corrected chi connectivity index (χ1v) is 6.74. The molecule has 1 atom stereocenters. The van der Waals surface area contributed by atoms with Gasteiger partial charge < -0.3 is 14.7 Å². The average molecular weight is 279 g/mol. The van der Waals surface area contributed by atoms with Crippen molar-refractivity contribution in [3.05, 3.63) is 29.8 Å². The summed E-state index contributed by atoms with van der Waals surface area (Å²) in [5.74, 6) is -0.681. The van der Waals surface area contributed by atoms with Crippen LogP contribution in [0.15, 0.2) is 24.3 Å². The number of carbonyl (C=O) groups is 2. The van der Waals surface area contributed by atoms with Gasteiger partial charge in [-0.2, -0.15) is 0 Å². The Labute approximate surface area is 119 Å². The molecule has 5 heteroatoms. The largest absolute Gasteiger partial charge is 0.494 e. The first kappa shape index (κ1) is 16.0. The maximum atomic E-state index is 11.7. The number of carboxylic acid groups (broad SMARTS) is 1. The molecule has 0 aliphatic heterocycles. The molecule has 0 spiro atoms. The maximum Gasteiger partial charge on any atom is 0.331 e. The van der Waals surface area contributed by atoms with E-state index in [9.17, 15) is 14.7 Å². The molecular formula is C15H21NO4. The molecule has 1 aromatic carbocycles. The van der Waals surface area contributed by atoms with Crippen molar-refractivity contribution in [1.82, 2.24) is 4.90 Å². The zero-order valence-electron chi connectivity index (χ0n) is 12.1. The molecule has 0 heterocycles. The van der Waals surface area contributed by atoms with Crippen molar-refractivity contribution in [3.63, 3.8) is 0 Å². The summed E-state index contributed by atoms with van der Waals surface area (Å²) >= 11 is 0. The second-order valence-electron chi connectivity index (χ2n) is 4.46. The Morgan fingerprint density at radius 2 is 2.05 bits per heavy atom. The molecule has 1 unspecified atom stereocenters. The quantitative estimate of drug-likeness (QED) is 0.832. The third-order valence-corrected chi connectivity index (χ3v) is 2.90. The molecule has 1 amide bonds. The summed E-state index contributed by atoms with van der Waals surface area (Å²) < 4.78 is 5.38. The summed E-state index contributed by atoms with van der Waals surface area (Å²) in [5.41, 5.74) is 0.548. The van der Waals surface area contributed by atoms with Crippen molar-refractivity contribution in [2.45, 2.75) is 33.2 Å². The number of hydrogen-bond acceptors (Lipinski definition) is 3. The minimum Gasteiger partial charge on any atom is -0.494 e. The van der Waals surface area contributed by atoms with Crippen LogP contribution in [-0.2, 0) is 9.59 Å². The van der Waals surface area contributed by atoms with Crippen molar-refractivity contribution in [2.24, 2.45) is 0 Å². The predicted octanol–water partition coefficient (Wildman–Crippen LogP) is 2.47. The minimum atomic E-state index is -1.04. The van der Waals surface area contributed by atoms with Gasteiger partial charge in [0.25, 0.3) is 0 Å². The Hall–Kier alpha value is -2.04. The van der Waals surface area contributed by atoms with Gasteiger partial charge in [-0.3, -0.25) is 4.79 Å². The van der Waals surface area contributed by atoms with E-state index in [1.807, 2.05) is 13.8 Å². The molecule has 0 fully saturated rings. The van der Waals surface area contributed by atoms with Crippen molar-refractivity contribution in [1.29, 1.82) is 0 Å². The number of carboxylic acids is 1. The lowest BCUT2D eigenvalue weighted by Gasteiger charge is -2.28. The van der Waals surface area contributed by atoms with Crippen LogP contribution in [0.2, 0.25) is 0 Å². The number of hydrogen-bond donors (Lipinski definition) is 1. The standard InChI is InChI=1S/C15H21NO4/c1-4-9-16(11(3)17)14(15(18)19)12-7-6-8-13(10-12)20-5-2/h6-8,10,14H,4-5,9H2,1-3H3,(H,18,19). The van der Waals surface area contributed by atoms with Gasteiger partial charge in [0, 0.05) is 13.5 Å². The Morgan fingerprint density at radius 1 is 1.35 bits per heavy atom. The average Bonchev–Trinajstić information content (AvgIpc) is 2.38. The van der Waals surface area contributed by atoms with Gasteiger partial charge in [0.2, 0.25) is 5.91 Å². The van der Waals surface area contributed by atoms with Gasteiger partial charge in [-0.25, -0.2) is 4.79 Å². The summed E-state index contributed by atoms with van der Waals surface area (Å²) in [6.07, 6.45) is 0.703.